The maximum atomic E-state index is 12.3. The van der Waals surface area contributed by atoms with Gasteiger partial charge < -0.3 is 0 Å². The van der Waals surface area contributed by atoms with Crippen molar-refractivity contribution in [1.29, 1.82) is 0 Å². The molecule has 2 heterocycles. The molecule has 1 atom stereocenters. The Morgan fingerprint density at radius 3 is 2.52 bits per heavy atom. The molecule has 3 rings (SSSR count). The van der Waals surface area contributed by atoms with Crippen molar-refractivity contribution in [1.82, 2.24) is 4.98 Å². The lowest BCUT2D eigenvalue weighted by Gasteiger charge is -2.25. The van der Waals surface area contributed by atoms with E-state index >= 15 is 0 Å². The molecule has 1 aromatic carbocycles. The molecule has 0 radical (unpaired) electrons. The molecule has 1 amide bonds. The molecule has 1 aromatic heterocycles. The van der Waals surface area contributed by atoms with Crippen molar-refractivity contribution in [2.45, 2.75) is 12.3 Å². The van der Waals surface area contributed by atoms with Crippen LogP contribution in [0.1, 0.15) is 16.6 Å². The quantitative estimate of drug-likeness (QED) is 0.696. The number of pyridine rings is 1. The minimum Gasteiger partial charge on any atom is -0.279 e. The molecular weight excluding hydrogens is 416 g/mol. The number of amides is 1. The Hall–Kier alpha value is -0.850. The van der Waals surface area contributed by atoms with Gasteiger partial charge in [-0.15, -0.1) is 11.8 Å². The van der Waals surface area contributed by atoms with Crippen LogP contribution in [0.5, 0.6) is 0 Å². The number of aromatic nitrogens is 1. The van der Waals surface area contributed by atoms with Crippen molar-refractivity contribution < 1.29 is 4.79 Å². The third-order valence-electron chi connectivity index (χ3n) is 3.23. The maximum Gasteiger partial charge on any atom is 0.239 e. The molecule has 1 saturated heterocycles. The standard InChI is InChI=1S/C15H12Br2N2OS/c1-9-4-2-7-12(18-9)19-13(20)8-21-15(19)14-10(16)5-3-6-11(14)17/h2-7,15H,8H2,1H3/t15-/m1/s1. The van der Waals surface area contributed by atoms with Gasteiger partial charge in [-0.2, -0.15) is 0 Å². The fourth-order valence-corrected chi connectivity index (χ4v) is 5.26. The molecule has 0 aliphatic carbocycles. The molecule has 0 bridgehead atoms. The number of aryl methyl sites for hydroxylation is 1. The number of nitrogens with zero attached hydrogens (tertiary/aromatic N) is 2. The van der Waals surface area contributed by atoms with Gasteiger partial charge in [0.15, 0.2) is 0 Å². The van der Waals surface area contributed by atoms with Crippen LogP contribution in [0.15, 0.2) is 45.3 Å². The fourth-order valence-electron chi connectivity index (χ4n) is 2.29. The first-order chi connectivity index (χ1) is 10.1. The van der Waals surface area contributed by atoms with E-state index in [4.69, 9.17) is 0 Å². The van der Waals surface area contributed by atoms with Crippen LogP contribution >= 0.6 is 43.6 Å². The molecule has 0 N–H and O–H groups in total. The molecule has 1 aliphatic rings. The van der Waals surface area contributed by atoms with E-state index in [0.717, 1.165) is 20.2 Å². The Labute approximate surface area is 144 Å². The minimum absolute atomic E-state index is 0.0725. The van der Waals surface area contributed by atoms with Crippen LogP contribution in [-0.4, -0.2) is 16.6 Å². The molecule has 21 heavy (non-hydrogen) atoms. The number of hydrogen-bond donors (Lipinski definition) is 0. The van der Waals surface area contributed by atoms with Gasteiger partial charge in [0.1, 0.15) is 11.2 Å². The summed E-state index contributed by atoms with van der Waals surface area (Å²) in [4.78, 5) is 18.6. The summed E-state index contributed by atoms with van der Waals surface area (Å²) >= 11 is 8.80. The molecule has 0 unspecified atom stereocenters. The predicted molar refractivity (Wildman–Crippen MR) is 93.5 cm³/mol. The van der Waals surface area contributed by atoms with Gasteiger partial charge in [-0.25, -0.2) is 4.98 Å². The number of benzene rings is 1. The molecule has 3 nitrogen and oxygen atoms in total. The first-order valence-electron chi connectivity index (χ1n) is 6.39. The number of rotatable bonds is 2. The number of hydrogen-bond acceptors (Lipinski definition) is 3. The van der Waals surface area contributed by atoms with Crippen molar-refractivity contribution in [3.8, 4) is 0 Å². The van der Waals surface area contributed by atoms with Crippen molar-refractivity contribution >= 4 is 55.3 Å². The van der Waals surface area contributed by atoms with Crippen molar-refractivity contribution in [3.63, 3.8) is 0 Å². The van der Waals surface area contributed by atoms with Crippen LogP contribution in [0.3, 0.4) is 0 Å². The maximum absolute atomic E-state index is 12.3. The Bertz CT molecular complexity index is 688. The van der Waals surface area contributed by atoms with Crippen molar-refractivity contribution in [2.75, 3.05) is 10.7 Å². The SMILES string of the molecule is Cc1cccc(N2C(=O)CS[C@@H]2c2c(Br)cccc2Br)n1. The smallest absolute Gasteiger partial charge is 0.239 e. The van der Waals surface area contributed by atoms with E-state index in [1.54, 1.807) is 16.7 Å². The molecule has 0 spiro atoms. The first-order valence-corrected chi connectivity index (χ1v) is 9.02. The molecule has 0 saturated carbocycles. The summed E-state index contributed by atoms with van der Waals surface area (Å²) < 4.78 is 1.98. The molecular formula is C15H12Br2N2OS. The molecule has 1 fully saturated rings. The Morgan fingerprint density at radius 2 is 1.86 bits per heavy atom. The van der Waals surface area contributed by atoms with Gasteiger partial charge in [-0.1, -0.05) is 44.0 Å². The zero-order valence-corrected chi connectivity index (χ0v) is 15.2. The van der Waals surface area contributed by atoms with E-state index in [1.807, 2.05) is 43.3 Å². The summed E-state index contributed by atoms with van der Waals surface area (Å²) in [6.07, 6.45) is 0. The van der Waals surface area contributed by atoms with Crippen LogP contribution in [0, 0.1) is 6.92 Å². The minimum atomic E-state index is -0.0725. The number of halogens is 2. The van der Waals surface area contributed by atoms with E-state index in [0.29, 0.717) is 11.6 Å². The lowest BCUT2D eigenvalue weighted by Crippen LogP contribution is -2.29. The van der Waals surface area contributed by atoms with Crippen LogP contribution in [-0.2, 0) is 4.79 Å². The first kappa shape index (κ1) is 15.1. The number of thioether (sulfide) groups is 1. The third-order valence-corrected chi connectivity index (χ3v) is 5.79. The summed E-state index contributed by atoms with van der Waals surface area (Å²) in [5.41, 5.74) is 1.97. The van der Waals surface area contributed by atoms with Crippen LogP contribution < -0.4 is 4.90 Å². The van der Waals surface area contributed by atoms with Crippen molar-refractivity contribution in [2.24, 2.45) is 0 Å². The zero-order valence-electron chi connectivity index (χ0n) is 11.2. The third kappa shape index (κ3) is 2.89. The van der Waals surface area contributed by atoms with E-state index in [2.05, 4.69) is 36.8 Å². The average Bonchev–Trinajstić information content (AvgIpc) is 2.80. The zero-order chi connectivity index (χ0) is 15.0. The van der Waals surface area contributed by atoms with Crippen LogP contribution in [0.25, 0.3) is 0 Å². The van der Waals surface area contributed by atoms with Gasteiger partial charge in [-0.3, -0.25) is 9.69 Å². The summed E-state index contributed by atoms with van der Waals surface area (Å²) in [7, 11) is 0. The second-order valence-corrected chi connectivity index (χ2v) is 7.48. The topological polar surface area (TPSA) is 33.2 Å². The predicted octanol–water partition coefficient (Wildman–Crippen LogP) is 4.69. The Balaban J connectivity index is 2.08. The number of carbonyl (C=O) groups is 1. The lowest BCUT2D eigenvalue weighted by atomic mass is 10.2. The highest BCUT2D eigenvalue weighted by Crippen LogP contribution is 2.46. The molecule has 108 valence electrons. The largest absolute Gasteiger partial charge is 0.279 e. The summed E-state index contributed by atoms with van der Waals surface area (Å²) in [5.74, 6) is 1.26. The van der Waals surface area contributed by atoms with E-state index in [-0.39, 0.29) is 11.3 Å². The van der Waals surface area contributed by atoms with Crippen LogP contribution in [0.4, 0.5) is 5.82 Å². The van der Waals surface area contributed by atoms with Gasteiger partial charge >= 0.3 is 0 Å². The van der Waals surface area contributed by atoms with Gasteiger partial charge in [0.25, 0.3) is 0 Å². The van der Waals surface area contributed by atoms with E-state index < -0.39 is 0 Å². The highest BCUT2D eigenvalue weighted by molar-refractivity contribution is 9.11. The number of carbonyl (C=O) groups excluding carboxylic acids is 1. The lowest BCUT2D eigenvalue weighted by molar-refractivity contribution is -0.115. The van der Waals surface area contributed by atoms with Gasteiger partial charge in [0, 0.05) is 20.2 Å². The van der Waals surface area contributed by atoms with E-state index in [1.165, 1.54) is 0 Å². The highest BCUT2D eigenvalue weighted by atomic mass is 79.9. The van der Waals surface area contributed by atoms with Crippen LogP contribution in [0.2, 0.25) is 0 Å². The summed E-state index contributed by atoms with van der Waals surface area (Å²) in [6, 6.07) is 11.7. The van der Waals surface area contributed by atoms with E-state index in [9.17, 15) is 4.79 Å². The van der Waals surface area contributed by atoms with Gasteiger partial charge in [0.2, 0.25) is 5.91 Å². The van der Waals surface area contributed by atoms with Gasteiger partial charge in [0.05, 0.1) is 5.75 Å². The summed E-state index contributed by atoms with van der Waals surface area (Å²) in [5, 5.41) is -0.0725. The normalized spacial score (nSPS) is 18.3. The second-order valence-electron chi connectivity index (χ2n) is 4.70. The molecule has 1 aliphatic heterocycles. The Kier molecular flexibility index (Phi) is 4.38. The molecule has 6 heteroatoms. The Morgan fingerprint density at radius 1 is 1.19 bits per heavy atom. The monoisotopic (exact) mass is 426 g/mol. The van der Waals surface area contributed by atoms with Crippen molar-refractivity contribution in [3.05, 3.63) is 56.6 Å². The van der Waals surface area contributed by atoms with Gasteiger partial charge in [-0.05, 0) is 31.2 Å². The average molecular weight is 428 g/mol. The highest BCUT2D eigenvalue weighted by Gasteiger charge is 2.36. The number of anilines is 1. The molecule has 2 aromatic rings. The second kappa shape index (κ2) is 6.10. The fraction of sp³-hybridized carbons (Fsp3) is 0.200. The summed E-state index contributed by atoms with van der Waals surface area (Å²) in [6.45, 7) is 1.93.